The molecule has 0 spiro atoms. The normalized spacial score (nSPS) is 11.0. The lowest BCUT2D eigenvalue weighted by atomic mass is 9.92. The zero-order valence-corrected chi connectivity index (χ0v) is 13.0. The minimum absolute atomic E-state index is 0.0161. The molecule has 0 saturated carbocycles. The van der Waals surface area contributed by atoms with Crippen LogP contribution in [0.5, 0.6) is 0 Å². The molecule has 3 rings (SSSR count). The fourth-order valence-corrected chi connectivity index (χ4v) is 2.90. The van der Waals surface area contributed by atoms with Gasteiger partial charge < -0.3 is 15.8 Å². The van der Waals surface area contributed by atoms with Crippen molar-refractivity contribution in [2.45, 2.75) is 13.8 Å². The number of aryl methyl sites for hydroxylation is 2. The van der Waals surface area contributed by atoms with Crippen molar-refractivity contribution in [3.63, 3.8) is 0 Å². The molecule has 2 aromatic carbocycles. The van der Waals surface area contributed by atoms with Crippen LogP contribution in [0.3, 0.4) is 0 Å². The smallest absolute Gasteiger partial charge is 0.335 e. The van der Waals surface area contributed by atoms with Gasteiger partial charge in [-0.15, -0.1) is 0 Å². The van der Waals surface area contributed by atoms with Crippen molar-refractivity contribution >= 4 is 22.9 Å². The third-order valence-electron chi connectivity index (χ3n) is 3.88. The van der Waals surface area contributed by atoms with E-state index >= 15 is 0 Å². The minimum atomic E-state index is -1.02. The molecule has 0 fully saturated rings. The lowest BCUT2D eigenvalue weighted by Gasteiger charge is -2.12. The summed E-state index contributed by atoms with van der Waals surface area (Å²) in [7, 11) is 0. The fourth-order valence-electron chi connectivity index (χ4n) is 2.90. The molecule has 0 bridgehead atoms. The number of aromatic amines is 1. The maximum Gasteiger partial charge on any atom is 0.335 e. The van der Waals surface area contributed by atoms with E-state index in [0.29, 0.717) is 11.1 Å². The highest BCUT2D eigenvalue weighted by molar-refractivity contribution is 5.99. The van der Waals surface area contributed by atoms with Gasteiger partial charge in [0.2, 0.25) is 0 Å². The van der Waals surface area contributed by atoms with Crippen LogP contribution in [-0.2, 0) is 0 Å². The molecule has 0 atom stereocenters. The van der Waals surface area contributed by atoms with E-state index in [9.17, 15) is 14.0 Å². The summed E-state index contributed by atoms with van der Waals surface area (Å²) >= 11 is 0. The van der Waals surface area contributed by atoms with Crippen molar-refractivity contribution in [3.05, 3.63) is 52.6 Å². The fraction of sp³-hybridized carbons (Fsp3) is 0.118. The number of carbonyl (C=O) groups excluding carboxylic acids is 1. The molecule has 4 N–H and O–H groups in total. The van der Waals surface area contributed by atoms with Crippen LogP contribution >= 0.6 is 0 Å². The van der Waals surface area contributed by atoms with Gasteiger partial charge in [-0.2, -0.15) is 0 Å². The van der Waals surface area contributed by atoms with Crippen molar-refractivity contribution < 1.29 is 19.1 Å². The number of primary amides is 1. The maximum absolute atomic E-state index is 14.0. The Morgan fingerprint density at radius 2 is 1.83 bits per heavy atom. The van der Waals surface area contributed by atoms with Gasteiger partial charge in [0.15, 0.2) is 11.6 Å². The molecule has 0 unspecified atom stereocenters. The number of rotatable bonds is 3. The first kappa shape index (κ1) is 15.7. The number of hydrogen-bond donors (Lipinski definition) is 3. The van der Waals surface area contributed by atoms with Gasteiger partial charge in [-0.1, -0.05) is 0 Å². The molecule has 1 aromatic heterocycles. The average Bonchev–Trinajstić information content (AvgIpc) is 2.95. The summed E-state index contributed by atoms with van der Waals surface area (Å²) in [5.41, 5.74) is 8.56. The van der Waals surface area contributed by atoms with Crippen LogP contribution in [0.4, 0.5) is 4.39 Å². The first-order valence-corrected chi connectivity index (χ1v) is 7.12. The highest BCUT2D eigenvalue weighted by Crippen LogP contribution is 2.34. The zero-order chi connectivity index (χ0) is 17.6. The lowest BCUT2D eigenvalue weighted by molar-refractivity contribution is 0.0696. The molecule has 1 amide bonds. The molecule has 7 heteroatoms. The third kappa shape index (κ3) is 2.40. The number of aromatic nitrogens is 2. The van der Waals surface area contributed by atoms with Gasteiger partial charge in [-0.25, -0.2) is 14.2 Å². The van der Waals surface area contributed by atoms with Crippen molar-refractivity contribution in [2.75, 3.05) is 0 Å². The molecule has 0 radical (unpaired) electrons. The van der Waals surface area contributed by atoms with Crippen LogP contribution in [0.1, 0.15) is 32.1 Å². The molecule has 0 aliphatic heterocycles. The van der Waals surface area contributed by atoms with E-state index in [4.69, 9.17) is 10.8 Å². The number of carboxylic acid groups (broad SMARTS) is 1. The zero-order valence-electron chi connectivity index (χ0n) is 13.0. The summed E-state index contributed by atoms with van der Waals surface area (Å²) < 4.78 is 14.0. The Labute approximate surface area is 136 Å². The molecular formula is C17H14FN3O3. The summed E-state index contributed by atoms with van der Waals surface area (Å²) in [5, 5.41) is 9.15. The van der Waals surface area contributed by atoms with Gasteiger partial charge in [0.25, 0.3) is 5.91 Å². The second-order valence-corrected chi connectivity index (χ2v) is 5.56. The SMILES string of the molecule is Cc1cc(C(=O)O)cc(C)c1-c1ccc(F)c2nc(C(N)=O)[nH]c12. The number of carboxylic acids is 1. The van der Waals surface area contributed by atoms with Crippen molar-refractivity contribution in [2.24, 2.45) is 5.73 Å². The Morgan fingerprint density at radius 1 is 1.21 bits per heavy atom. The van der Waals surface area contributed by atoms with E-state index in [1.807, 2.05) is 0 Å². The van der Waals surface area contributed by atoms with Gasteiger partial charge in [0.05, 0.1) is 11.1 Å². The van der Waals surface area contributed by atoms with Crippen LogP contribution in [0, 0.1) is 19.7 Å². The van der Waals surface area contributed by atoms with Gasteiger partial charge >= 0.3 is 5.97 Å². The van der Waals surface area contributed by atoms with Crippen molar-refractivity contribution in [1.29, 1.82) is 0 Å². The number of nitrogens with one attached hydrogen (secondary N) is 1. The molecule has 3 aromatic rings. The number of benzene rings is 2. The number of imidazole rings is 1. The summed E-state index contributed by atoms with van der Waals surface area (Å²) in [5.74, 6) is -2.51. The largest absolute Gasteiger partial charge is 0.478 e. The lowest BCUT2D eigenvalue weighted by Crippen LogP contribution is -2.12. The van der Waals surface area contributed by atoms with Crippen LogP contribution in [0.2, 0.25) is 0 Å². The Morgan fingerprint density at radius 3 is 2.38 bits per heavy atom. The number of carbonyl (C=O) groups is 2. The molecule has 6 nitrogen and oxygen atoms in total. The topological polar surface area (TPSA) is 109 Å². The van der Waals surface area contributed by atoms with Crippen molar-refractivity contribution in [1.82, 2.24) is 9.97 Å². The van der Waals surface area contributed by atoms with Gasteiger partial charge in [0.1, 0.15) is 5.52 Å². The Hall–Kier alpha value is -3.22. The Bertz CT molecular complexity index is 985. The Balaban J connectivity index is 2.33. The predicted octanol–water partition coefficient (Wildman–Crippen LogP) is 2.78. The minimum Gasteiger partial charge on any atom is -0.478 e. The molecule has 122 valence electrons. The van der Waals surface area contributed by atoms with Gasteiger partial charge in [0, 0.05) is 5.56 Å². The molecule has 1 heterocycles. The number of halogens is 1. The number of aromatic carboxylic acids is 1. The van der Waals surface area contributed by atoms with E-state index in [-0.39, 0.29) is 16.9 Å². The third-order valence-corrected chi connectivity index (χ3v) is 3.88. The van der Waals surface area contributed by atoms with Crippen LogP contribution in [0.25, 0.3) is 22.2 Å². The van der Waals surface area contributed by atoms with E-state index in [1.54, 1.807) is 32.0 Å². The molecule has 0 saturated heterocycles. The van der Waals surface area contributed by atoms with E-state index in [0.717, 1.165) is 16.7 Å². The first-order valence-electron chi connectivity index (χ1n) is 7.12. The average molecular weight is 327 g/mol. The second kappa shape index (κ2) is 5.45. The van der Waals surface area contributed by atoms with E-state index < -0.39 is 17.7 Å². The highest BCUT2D eigenvalue weighted by atomic mass is 19.1. The summed E-state index contributed by atoms with van der Waals surface area (Å²) in [4.78, 5) is 29.2. The van der Waals surface area contributed by atoms with Crippen LogP contribution < -0.4 is 5.73 Å². The quantitative estimate of drug-likeness (QED) is 0.687. The van der Waals surface area contributed by atoms with Gasteiger partial charge in [-0.05, 0) is 54.8 Å². The number of fused-ring (bicyclic) bond motifs is 1. The highest BCUT2D eigenvalue weighted by Gasteiger charge is 2.18. The van der Waals surface area contributed by atoms with E-state index in [1.165, 1.54) is 6.07 Å². The van der Waals surface area contributed by atoms with Crippen molar-refractivity contribution in [3.8, 4) is 11.1 Å². The number of nitrogens with zero attached hydrogens (tertiary/aromatic N) is 1. The van der Waals surface area contributed by atoms with Gasteiger partial charge in [-0.3, -0.25) is 4.79 Å². The number of nitrogens with two attached hydrogens (primary N) is 1. The van der Waals surface area contributed by atoms with Crippen LogP contribution in [0.15, 0.2) is 24.3 Å². The molecule has 0 aliphatic rings. The summed E-state index contributed by atoms with van der Waals surface area (Å²) in [6, 6.07) is 5.92. The second-order valence-electron chi connectivity index (χ2n) is 5.56. The molecule has 24 heavy (non-hydrogen) atoms. The first-order chi connectivity index (χ1) is 11.3. The summed E-state index contributed by atoms with van der Waals surface area (Å²) in [6.07, 6.45) is 0. The molecular weight excluding hydrogens is 313 g/mol. The van der Waals surface area contributed by atoms with Crippen LogP contribution in [-0.4, -0.2) is 27.0 Å². The number of hydrogen-bond acceptors (Lipinski definition) is 3. The van der Waals surface area contributed by atoms with E-state index in [2.05, 4.69) is 9.97 Å². The Kier molecular flexibility index (Phi) is 3.56. The molecule has 0 aliphatic carbocycles. The standard InChI is InChI=1S/C17H14FN3O3/c1-7-5-9(17(23)24)6-8(2)12(7)10-3-4-11(18)14-13(10)20-16(21-14)15(19)22/h3-6H,1-2H3,(H2,19,22)(H,20,21)(H,23,24). The predicted molar refractivity (Wildman–Crippen MR) is 86.4 cm³/mol. The monoisotopic (exact) mass is 327 g/mol. The maximum atomic E-state index is 14.0. The number of amides is 1. The number of H-pyrrole nitrogens is 1. The summed E-state index contributed by atoms with van der Waals surface area (Å²) in [6.45, 7) is 3.55.